The molecule has 1 aromatic carbocycles. The topological polar surface area (TPSA) is 43.8 Å². The number of benzene rings is 1. The molecule has 3 atom stereocenters. The van der Waals surface area contributed by atoms with Crippen LogP contribution in [-0.2, 0) is 7.05 Å². The Bertz CT molecular complexity index is 674. The van der Waals surface area contributed by atoms with Crippen LogP contribution in [0.25, 0.3) is 11.0 Å². The third kappa shape index (κ3) is 2.33. The van der Waals surface area contributed by atoms with Gasteiger partial charge in [-0.1, -0.05) is 36.7 Å². The van der Waals surface area contributed by atoms with Crippen LogP contribution < -0.4 is 5.73 Å². The largest absolute Gasteiger partial charge is 0.331 e. The van der Waals surface area contributed by atoms with Gasteiger partial charge in [-0.15, -0.1) is 0 Å². The number of aryl methyl sites for hydroxylation is 1. The van der Waals surface area contributed by atoms with E-state index in [-0.39, 0.29) is 5.41 Å². The van der Waals surface area contributed by atoms with Crippen molar-refractivity contribution in [2.45, 2.75) is 45.6 Å². The van der Waals surface area contributed by atoms with Crippen molar-refractivity contribution in [1.82, 2.24) is 9.55 Å². The third-order valence-corrected chi connectivity index (χ3v) is 6.18. The van der Waals surface area contributed by atoms with E-state index in [2.05, 4.69) is 66.5 Å². The van der Waals surface area contributed by atoms with Crippen LogP contribution >= 0.6 is 15.9 Å². The Balaban J connectivity index is 2.09. The van der Waals surface area contributed by atoms with Gasteiger partial charge in [0.05, 0.1) is 11.0 Å². The Morgan fingerprint density at radius 3 is 2.76 bits per heavy atom. The monoisotopic (exact) mass is 349 g/mol. The molecule has 3 nitrogen and oxygen atoms in total. The predicted molar refractivity (Wildman–Crippen MR) is 91.3 cm³/mol. The number of aromatic nitrogens is 2. The Kier molecular flexibility index (Phi) is 3.65. The molecule has 0 aliphatic heterocycles. The lowest BCUT2D eigenvalue weighted by molar-refractivity contribution is 0.0936. The standard InChI is InChI=1S/C17H24BrN3/c1-10-13(19)7-6-12(17(10,2)3)16-20-14-9-11(18)5-8-15(14)21(16)4/h5,8-10,12-13H,6-7,19H2,1-4H3. The van der Waals surface area contributed by atoms with Crippen molar-refractivity contribution in [1.29, 1.82) is 0 Å². The average molecular weight is 350 g/mol. The maximum absolute atomic E-state index is 6.29. The number of hydrogen-bond acceptors (Lipinski definition) is 2. The van der Waals surface area contributed by atoms with Crippen LogP contribution in [-0.4, -0.2) is 15.6 Å². The first-order chi connectivity index (χ1) is 9.82. The summed E-state index contributed by atoms with van der Waals surface area (Å²) in [6, 6.07) is 6.63. The molecule has 1 heterocycles. The molecule has 0 saturated heterocycles. The molecule has 3 rings (SSSR count). The van der Waals surface area contributed by atoms with Crippen molar-refractivity contribution in [2.24, 2.45) is 24.1 Å². The summed E-state index contributed by atoms with van der Waals surface area (Å²) in [5, 5.41) is 0. The van der Waals surface area contributed by atoms with Gasteiger partial charge in [0.1, 0.15) is 5.82 Å². The molecule has 114 valence electrons. The molecule has 1 aliphatic rings. The van der Waals surface area contributed by atoms with Gasteiger partial charge >= 0.3 is 0 Å². The van der Waals surface area contributed by atoms with Gasteiger partial charge in [-0.2, -0.15) is 0 Å². The van der Waals surface area contributed by atoms with Crippen molar-refractivity contribution in [3.8, 4) is 0 Å². The maximum Gasteiger partial charge on any atom is 0.113 e. The van der Waals surface area contributed by atoms with Crippen molar-refractivity contribution in [2.75, 3.05) is 0 Å². The predicted octanol–water partition coefficient (Wildman–Crippen LogP) is 4.20. The molecule has 0 bridgehead atoms. The molecule has 0 spiro atoms. The summed E-state index contributed by atoms with van der Waals surface area (Å²) in [6.45, 7) is 6.98. The molecule has 2 aromatic rings. The Morgan fingerprint density at radius 1 is 1.33 bits per heavy atom. The summed E-state index contributed by atoms with van der Waals surface area (Å²) in [7, 11) is 2.13. The Labute approximate surface area is 135 Å². The summed E-state index contributed by atoms with van der Waals surface area (Å²) in [6.07, 6.45) is 2.21. The average Bonchev–Trinajstić information content (AvgIpc) is 2.73. The van der Waals surface area contributed by atoms with Crippen LogP contribution in [0.4, 0.5) is 0 Å². The van der Waals surface area contributed by atoms with Gasteiger partial charge in [0.15, 0.2) is 0 Å². The number of halogens is 1. The van der Waals surface area contributed by atoms with Gasteiger partial charge in [-0.25, -0.2) is 4.98 Å². The molecule has 4 heteroatoms. The number of imidazole rings is 1. The summed E-state index contributed by atoms with van der Waals surface area (Å²) in [5.41, 5.74) is 8.73. The van der Waals surface area contributed by atoms with E-state index in [9.17, 15) is 0 Å². The highest BCUT2D eigenvalue weighted by Gasteiger charge is 2.44. The quantitative estimate of drug-likeness (QED) is 0.838. The smallest absolute Gasteiger partial charge is 0.113 e. The van der Waals surface area contributed by atoms with Crippen LogP contribution in [0.15, 0.2) is 22.7 Å². The molecule has 1 fully saturated rings. The second kappa shape index (κ2) is 5.10. The molecule has 0 amide bonds. The van der Waals surface area contributed by atoms with Gasteiger partial charge in [-0.05, 0) is 42.4 Å². The van der Waals surface area contributed by atoms with E-state index in [1.54, 1.807) is 0 Å². The molecule has 21 heavy (non-hydrogen) atoms. The van der Waals surface area contributed by atoms with Crippen molar-refractivity contribution in [3.05, 3.63) is 28.5 Å². The number of nitrogens with zero attached hydrogens (tertiary/aromatic N) is 2. The fourth-order valence-corrected chi connectivity index (χ4v) is 4.16. The molecule has 1 aliphatic carbocycles. The summed E-state index contributed by atoms with van der Waals surface area (Å²) in [4.78, 5) is 4.94. The molecular formula is C17H24BrN3. The number of nitrogens with two attached hydrogens (primary N) is 1. The van der Waals surface area contributed by atoms with Gasteiger partial charge in [0.25, 0.3) is 0 Å². The van der Waals surface area contributed by atoms with E-state index in [0.29, 0.717) is 17.9 Å². The van der Waals surface area contributed by atoms with Crippen molar-refractivity contribution in [3.63, 3.8) is 0 Å². The van der Waals surface area contributed by atoms with Gasteiger partial charge in [0.2, 0.25) is 0 Å². The molecular weight excluding hydrogens is 326 g/mol. The highest BCUT2D eigenvalue weighted by Crippen LogP contribution is 2.49. The van der Waals surface area contributed by atoms with Crippen LogP contribution in [0.1, 0.15) is 45.4 Å². The fraction of sp³-hybridized carbons (Fsp3) is 0.588. The van der Waals surface area contributed by atoms with E-state index in [0.717, 1.165) is 22.8 Å². The van der Waals surface area contributed by atoms with Gasteiger partial charge in [0, 0.05) is 23.5 Å². The number of hydrogen-bond donors (Lipinski definition) is 1. The van der Waals surface area contributed by atoms with Crippen LogP contribution in [0.3, 0.4) is 0 Å². The first kappa shape index (κ1) is 15.0. The minimum atomic E-state index is 0.171. The highest BCUT2D eigenvalue weighted by atomic mass is 79.9. The summed E-state index contributed by atoms with van der Waals surface area (Å²) < 4.78 is 3.34. The third-order valence-electron chi connectivity index (χ3n) is 5.69. The van der Waals surface area contributed by atoms with Crippen LogP contribution in [0.2, 0.25) is 0 Å². The van der Waals surface area contributed by atoms with Gasteiger partial charge in [-0.3, -0.25) is 0 Å². The maximum atomic E-state index is 6.29. The first-order valence-electron chi connectivity index (χ1n) is 7.70. The molecule has 1 saturated carbocycles. The zero-order chi connectivity index (χ0) is 15.4. The minimum absolute atomic E-state index is 0.171. The van der Waals surface area contributed by atoms with Crippen molar-refractivity contribution >= 4 is 27.0 Å². The second-order valence-electron chi connectivity index (χ2n) is 7.07. The number of fused-ring (bicyclic) bond motifs is 1. The SMILES string of the molecule is CC1C(N)CCC(c2nc3cc(Br)ccc3n2C)C1(C)C. The first-order valence-corrected chi connectivity index (χ1v) is 8.49. The molecule has 0 radical (unpaired) electrons. The van der Waals surface area contributed by atoms with E-state index in [1.165, 1.54) is 11.3 Å². The lowest BCUT2D eigenvalue weighted by Crippen LogP contribution is -2.46. The molecule has 1 aromatic heterocycles. The van der Waals surface area contributed by atoms with Crippen molar-refractivity contribution < 1.29 is 0 Å². The molecule has 3 unspecified atom stereocenters. The summed E-state index contributed by atoms with van der Waals surface area (Å²) in [5.74, 6) is 2.16. The van der Waals surface area contributed by atoms with E-state index < -0.39 is 0 Å². The Morgan fingerprint density at radius 2 is 2.05 bits per heavy atom. The normalized spacial score (nSPS) is 29.0. The lowest BCUT2D eigenvalue weighted by Gasteiger charge is -2.46. The zero-order valence-corrected chi connectivity index (χ0v) is 14.8. The van der Waals surface area contributed by atoms with E-state index in [4.69, 9.17) is 10.7 Å². The fourth-order valence-electron chi connectivity index (χ4n) is 3.82. The van der Waals surface area contributed by atoms with Crippen LogP contribution in [0, 0.1) is 11.3 Å². The minimum Gasteiger partial charge on any atom is -0.331 e. The zero-order valence-electron chi connectivity index (χ0n) is 13.2. The number of rotatable bonds is 1. The van der Waals surface area contributed by atoms with Crippen LogP contribution in [0.5, 0.6) is 0 Å². The van der Waals surface area contributed by atoms with Gasteiger partial charge < -0.3 is 10.3 Å². The highest BCUT2D eigenvalue weighted by molar-refractivity contribution is 9.10. The van der Waals surface area contributed by atoms with E-state index in [1.807, 2.05) is 0 Å². The van der Waals surface area contributed by atoms with E-state index >= 15 is 0 Å². The lowest BCUT2D eigenvalue weighted by atomic mass is 9.61. The molecule has 2 N–H and O–H groups in total. The summed E-state index contributed by atoms with van der Waals surface area (Å²) >= 11 is 3.54. The second-order valence-corrected chi connectivity index (χ2v) is 7.98. The Hall–Kier alpha value is -0.870.